The number of nitrogens with zero attached hydrogens (tertiary/aromatic N) is 2. The summed E-state index contributed by atoms with van der Waals surface area (Å²) < 4.78 is 0. The van der Waals surface area contributed by atoms with E-state index in [-0.39, 0.29) is 71.0 Å². The van der Waals surface area contributed by atoms with Gasteiger partial charge in [0.2, 0.25) is 23.6 Å². The molecule has 28 heavy (non-hydrogen) atoms. The van der Waals surface area contributed by atoms with Crippen LogP contribution in [0, 0.1) is 47.3 Å². The molecule has 0 unspecified atom stereocenters. The first-order valence-electron chi connectivity index (χ1n) is 10.6. The van der Waals surface area contributed by atoms with Crippen LogP contribution in [0.15, 0.2) is 24.3 Å². The zero-order valence-corrected chi connectivity index (χ0v) is 15.7. The fourth-order valence-corrected chi connectivity index (χ4v) is 6.91. The van der Waals surface area contributed by atoms with Gasteiger partial charge in [-0.1, -0.05) is 24.3 Å². The van der Waals surface area contributed by atoms with Crippen molar-refractivity contribution < 1.29 is 19.2 Å². The van der Waals surface area contributed by atoms with E-state index in [1.165, 1.54) is 9.80 Å². The molecule has 0 N–H and O–H groups in total. The van der Waals surface area contributed by atoms with Crippen LogP contribution in [0.1, 0.15) is 25.7 Å². The molecule has 0 aromatic carbocycles. The Kier molecular flexibility index (Phi) is 3.37. The number of imide groups is 2. The summed E-state index contributed by atoms with van der Waals surface area (Å²) >= 11 is 0. The Morgan fingerprint density at radius 1 is 0.571 bits per heavy atom. The Balaban J connectivity index is 1.05. The maximum absolute atomic E-state index is 12.7. The van der Waals surface area contributed by atoms with Gasteiger partial charge in [0, 0.05) is 13.1 Å². The molecule has 0 aromatic rings. The number of rotatable bonds is 5. The molecule has 4 fully saturated rings. The molecule has 4 aliphatic carbocycles. The largest absolute Gasteiger partial charge is 0.282 e. The number of unbranched alkanes of at least 4 members (excludes halogenated alkanes) is 1. The molecule has 4 amide bonds. The van der Waals surface area contributed by atoms with E-state index in [0.717, 1.165) is 12.8 Å². The number of amides is 4. The second kappa shape index (κ2) is 5.65. The van der Waals surface area contributed by atoms with Gasteiger partial charge in [-0.05, 0) is 49.4 Å². The first-order valence-corrected chi connectivity index (χ1v) is 10.6. The lowest BCUT2D eigenvalue weighted by molar-refractivity contribution is -0.143. The van der Waals surface area contributed by atoms with E-state index in [2.05, 4.69) is 24.3 Å². The van der Waals surface area contributed by atoms with Gasteiger partial charge >= 0.3 is 0 Å². The van der Waals surface area contributed by atoms with Gasteiger partial charge < -0.3 is 0 Å². The van der Waals surface area contributed by atoms with Crippen molar-refractivity contribution in [2.75, 3.05) is 13.1 Å². The second-order valence-electron chi connectivity index (χ2n) is 9.36. The number of allylic oxidation sites excluding steroid dienone is 4. The van der Waals surface area contributed by atoms with Crippen LogP contribution >= 0.6 is 0 Å². The second-order valence-corrected chi connectivity index (χ2v) is 9.36. The molecular formula is C22H24N2O4. The third kappa shape index (κ3) is 1.98. The van der Waals surface area contributed by atoms with Crippen LogP contribution in [0.2, 0.25) is 0 Å². The van der Waals surface area contributed by atoms with Gasteiger partial charge in [0.1, 0.15) is 0 Å². The fourth-order valence-electron chi connectivity index (χ4n) is 6.91. The number of hydrogen-bond acceptors (Lipinski definition) is 4. The summed E-state index contributed by atoms with van der Waals surface area (Å²) in [6, 6.07) is 0. The lowest BCUT2D eigenvalue weighted by Crippen LogP contribution is -2.36. The van der Waals surface area contributed by atoms with Gasteiger partial charge in [0.05, 0.1) is 23.7 Å². The minimum atomic E-state index is -0.147. The van der Waals surface area contributed by atoms with Crippen molar-refractivity contribution in [3.8, 4) is 0 Å². The van der Waals surface area contributed by atoms with Crippen molar-refractivity contribution in [2.45, 2.75) is 25.7 Å². The molecular weight excluding hydrogens is 356 g/mol. The summed E-state index contributed by atoms with van der Waals surface area (Å²) in [5, 5.41) is 0. The monoisotopic (exact) mass is 380 g/mol. The molecule has 4 bridgehead atoms. The van der Waals surface area contributed by atoms with Gasteiger partial charge in [0.15, 0.2) is 0 Å². The van der Waals surface area contributed by atoms with Crippen molar-refractivity contribution in [3.05, 3.63) is 24.3 Å². The van der Waals surface area contributed by atoms with Crippen molar-refractivity contribution >= 4 is 23.6 Å². The maximum atomic E-state index is 12.7. The molecule has 6 nitrogen and oxygen atoms in total. The predicted molar refractivity (Wildman–Crippen MR) is 98.1 cm³/mol. The molecule has 8 atom stereocenters. The number of carbonyl (C=O) groups excluding carboxylic acids is 4. The van der Waals surface area contributed by atoms with Crippen molar-refractivity contribution in [2.24, 2.45) is 47.3 Å². The van der Waals surface area contributed by atoms with Crippen LogP contribution in [0.3, 0.4) is 0 Å². The van der Waals surface area contributed by atoms with E-state index >= 15 is 0 Å². The Morgan fingerprint density at radius 2 is 0.857 bits per heavy atom. The molecule has 2 heterocycles. The van der Waals surface area contributed by atoms with Crippen LogP contribution in [-0.4, -0.2) is 46.5 Å². The highest BCUT2D eigenvalue weighted by Gasteiger charge is 2.60. The van der Waals surface area contributed by atoms with E-state index in [1.54, 1.807) is 0 Å². The van der Waals surface area contributed by atoms with E-state index in [0.29, 0.717) is 25.9 Å². The van der Waals surface area contributed by atoms with Crippen molar-refractivity contribution in [1.82, 2.24) is 9.80 Å². The highest BCUT2D eigenvalue weighted by Crippen LogP contribution is 2.53. The minimum absolute atomic E-state index is 0.0163. The zero-order chi connectivity index (χ0) is 19.2. The quantitative estimate of drug-likeness (QED) is 0.410. The SMILES string of the molecule is O=C1[C@H]2[C@H](C(=O)N1CCCCN1C(=O)[C@H]3[C@H](C1=O)[C@H]1C=C[C@H]3C1)[C@H]1C=C[C@H]2C1. The number of likely N-dealkylation sites (tertiary alicyclic amines) is 2. The van der Waals surface area contributed by atoms with E-state index in [1.807, 2.05) is 0 Å². The highest BCUT2D eigenvalue weighted by molar-refractivity contribution is 6.07. The Bertz CT molecular complexity index is 731. The molecule has 2 saturated carbocycles. The van der Waals surface area contributed by atoms with Gasteiger partial charge in [-0.15, -0.1) is 0 Å². The third-order valence-corrected chi connectivity index (χ3v) is 8.14. The van der Waals surface area contributed by atoms with Gasteiger partial charge in [0.25, 0.3) is 0 Å². The van der Waals surface area contributed by atoms with Crippen molar-refractivity contribution in [1.29, 1.82) is 0 Å². The van der Waals surface area contributed by atoms with E-state index in [4.69, 9.17) is 0 Å². The summed E-state index contributed by atoms with van der Waals surface area (Å²) in [5.41, 5.74) is 0. The summed E-state index contributed by atoms with van der Waals surface area (Å²) in [7, 11) is 0. The Hall–Kier alpha value is -2.24. The normalized spacial score (nSPS) is 44.6. The third-order valence-electron chi connectivity index (χ3n) is 8.14. The molecule has 6 heteroatoms. The van der Waals surface area contributed by atoms with Crippen LogP contribution in [-0.2, 0) is 19.2 Å². The average Bonchev–Trinajstić information content (AvgIpc) is 3.49. The Labute approximate surface area is 163 Å². The molecule has 2 aliphatic heterocycles. The molecule has 6 aliphatic rings. The fraction of sp³-hybridized carbons (Fsp3) is 0.636. The first-order chi connectivity index (χ1) is 13.6. The summed E-state index contributed by atoms with van der Waals surface area (Å²) in [6.07, 6.45) is 11.6. The maximum Gasteiger partial charge on any atom is 0.233 e. The topological polar surface area (TPSA) is 74.8 Å². The standard InChI is InChI=1S/C22H24N2O4/c25-19-15-11-3-4-12(9-11)16(15)20(26)23(19)7-1-2-8-24-21(27)17-13-5-6-14(10-13)18(17)22(24)28/h3-6,11-18H,1-2,7-10H2/t11-,12-,13-,14-,15+,16+,17+,18+/m0/s1. The van der Waals surface area contributed by atoms with Gasteiger partial charge in [-0.2, -0.15) is 0 Å². The Morgan fingerprint density at radius 3 is 1.14 bits per heavy atom. The lowest BCUT2D eigenvalue weighted by atomic mass is 9.85. The molecule has 0 aromatic heterocycles. The van der Waals surface area contributed by atoms with Crippen LogP contribution in [0.4, 0.5) is 0 Å². The number of hydrogen-bond donors (Lipinski definition) is 0. The molecule has 2 saturated heterocycles. The first kappa shape index (κ1) is 16.7. The van der Waals surface area contributed by atoms with Gasteiger partial charge in [-0.3, -0.25) is 29.0 Å². The zero-order valence-electron chi connectivity index (χ0n) is 15.7. The molecule has 0 spiro atoms. The molecule has 146 valence electrons. The summed E-state index contributed by atoms with van der Waals surface area (Å²) in [5.74, 6) is 0.291. The minimum Gasteiger partial charge on any atom is -0.282 e. The average molecular weight is 380 g/mol. The van der Waals surface area contributed by atoms with E-state index in [9.17, 15) is 19.2 Å². The lowest BCUT2D eigenvalue weighted by Gasteiger charge is -2.19. The molecule has 6 rings (SSSR count). The summed E-state index contributed by atoms with van der Waals surface area (Å²) in [6.45, 7) is 0.806. The van der Waals surface area contributed by atoms with Crippen molar-refractivity contribution in [3.63, 3.8) is 0 Å². The van der Waals surface area contributed by atoms with Crippen LogP contribution in [0.25, 0.3) is 0 Å². The number of carbonyl (C=O) groups is 4. The van der Waals surface area contributed by atoms with E-state index < -0.39 is 0 Å². The van der Waals surface area contributed by atoms with Crippen LogP contribution in [0.5, 0.6) is 0 Å². The molecule has 0 radical (unpaired) electrons. The highest BCUT2D eigenvalue weighted by atomic mass is 16.2. The predicted octanol–water partition coefficient (Wildman–Crippen LogP) is 1.38. The van der Waals surface area contributed by atoms with Crippen LogP contribution < -0.4 is 0 Å². The van der Waals surface area contributed by atoms with Gasteiger partial charge in [-0.25, -0.2) is 0 Å². The number of fused-ring (bicyclic) bond motifs is 10. The summed E-state index contributed by atoms with van der Waals surface area (Å²) in [4.78, 5) is 53.7. The smallest absolute Gasteiger partial charge is 0.233 e.